The van der Waals surface area contributed by atoms with E-state index >= 15 is 0 Å². The van der Waals surface area contributed by atoms with Crippen LogP contribution in [0, 0.1) is 0 Å². The van der Waals surface area contributed by atoms with E-state index in [1.165, 1.54) is 12.1 Å². The van der Waals surface area contributed by atoms with Crippen LogP contribution in [0.15, 0.2) is 12.1 Å². The average Bonchev–Trinajstić information content (AvgIpc) is 2.11. The van der Waals surface area contributed by atoms with Crippen LogP contribution in [0.5, 0.6) is 0 Å². The molecule has 0 atom stereocenters. The van der Waals surface area contributed by atoms with Crippen LogP contribution in [0.2, 0.25) is 10.0 Å². The SMILES string of the molecule is CC(C)(C)OC(=O)c1ccc(Cl)c(Cl)c1N. The number of carbonyl (C=O) groups excluding carboxylic acids is 1. The molecule has 0 aliphatic heterocycles. The van der Waals surface area contributed by atoms with Crippen LogP contribution < -0.4 is 5.73 Å². The summed E-state index contributed by atoms with van der Waals surface area (Å²) in [7, 11) is 0. The number of nitrogens with two attached hydrogens (primary N) is 1. The third-order valence-corrected chi connectivity index (χ3v) is 2.57. The highest BCUT2D eigenvalue weighted by Crippen LogP contribution is 2.31. The molecule has 0 bridgehead atoms. The van der Waals surface area contributed by atoms with Crippen molar-refractivity contribution in [2.75, 3.05) is 5.73 Å². The minimum absolute atomic E-state index is 0.142. The topological polar surface area (TPSA) is 52.3 Å². The Morgan fingerprint density at radius 1 is 1.31 bits per heavy atom. The van der Waals surface area contributed by atoms with Gasteiger partial charge in [0.1, 0.15) is 5.60 Å². The van der Waals surface area contributed by atoms with Gasteiger partial charge in [0.2, 0.25) is 0 Å². The van der Waals surface area contributed by atoms with Crippen molar-refractivity contribution in [2.24, 2.45) is 0 Å². The second-order valence-corrected chi connectivity index (χ2v) is 5.11. The number of rotatable bonds is 1. The van der Waals surface area contributed by atoms with Crippen LogP contribution in [0.3, 0.4) is 0 Å². The lowest BCUT2D eigenvalue weighted by atomic mass is 10.1. The van der Waals surface area contributed by atoms with Gasteiger partial charge in [-0.3, -0.25) is 0 Å². The highest BCUT2D eigenvalue weighted by atomic mass is 35.5. The third kappa shape index (κ3) is 3.03. The van der Waals surface area contributed by atoms with Gasteiger partial charge in [-0.25, -0.2) is 4.79 Å². The quantitative estimate of drug-likeness (QED) is 0.622. The predicted octanol–water partition coefficient (Wildman–Crippen LogP) is 3.53. The van der Waals surface area contributed by atoms with Crippen molar-refractivity contribution in [1.82, 2.24) is 0 Å². The Morgan fingerprint density at radius 3 is 2.38 bits per heavy atom. The van der Waals surface area contributed by atoms with E-state index in [-0.39, 0.29) is 16.3 Å². The van der Waals surface area contributed by atoms with Gasteiger partial charge in [0.25, 0.3) is 0 Å². The van der Waals surface area contributed by atoms with E-state index in [1.54, 1.807) is 20.8 Å². The van der Waals surface area contributed by atoms with Gasteiger partial charge in [0.05, 0.1) is 21.3 Å². The molecule has 0 radical (unpaired) electrons. The molecule has 2 N–H and O–H groups in total. The normalized spacial score (nSPS) is 11.3. The lowest BCUT2D eigenvalue weighted by Gasteiger charge is -2.20. The molecule has 0 amide bonds. The average molecular weight is 262 g/mol. The number of nitrogen functional groups attached to an aromatic ring is 1. The van der Waals surface area contributed by atoms with Crippen molar-refractivity contribution in [3.63, 3.8) is 0 Å². The zero-order valence-corrected chi connectivity index (χ0v) is 10.8. The summed E-state index contributed by atoms with van der Waals surface area (Å²) in [5.74, 6) is -0.511. The first kappa shape index (κ1) is 13.1. The minimum atomic E-state index is -0.574. The molecule has 0 fully saturated rings. The van der Waals surface area contributed by atoms with Crippen molar-refractivity contribution in [1.29, 1.82) is 0 Å². The van der Waals surface area contributed by atoms with Crippen LogP contribution >= 0.6 is 23.2 Å². The van der Waals surface area contributed by atoms with Gasteiger partial charge >= 0.3 is 5.97 Å². The number of hydrogen-bond acceptors (Lipinski definition) is 3. The first-order chi connectivity index (χ1) is 7.22. The number of esters is 1. The van der Waals surface area contributed by atoms with E-state index in [0.29, 0.717) is 5.02 Å². The fraction of sp³-hybridized carbons (Fsp3) is 0.364. The van der Waals surface area contributed by atoms with Gasteiger partial charge in [-0.15, -0.1) is 0 Å². The maximum Gasteiger partial charge on any atom is 0.340 e. The number of halogens is 2. The van der Waals surface area contributed by atoms with E-state index in [1.807, 2.05) is 0 Å². The molecule has 0 unspecified atom stereocenters. The first-order valence-electron chi connectivity index (χ1n) is 4.69. The Morgan fingerprint density at radius 2 is 1.88 bits per heavy atom. The summed E-state index contributed by atoms with van der Waals surface area (Å²) in [5.41, 5.74) is 5.48. The van der Waals surface area contributed by atoms with Gasteiger partial charge in [0, 0.05) is 0 Å². The second kappa shape index (κ2) is 4.52. The highest BCUT2D eigenvalue weighted by molar-refractivity contribution is 6.44. The van der Waals surface area contributed by atoms with E-state index in [2.05, 4.69) is 0 Å². The summed E-state index contributed by atoms with van der Waals surface area (Å²) in [6, 6.07) is 3.01. The molecule has 1 aromatic rings. The third-order valence-electron chi connectivity index (χ3n) is 1.75. The van der Waals surface area contributed by atoms with Crippen molar-refractivity contribution >= 4 is 34.9 Å². The van der Waals surface area contributed by atoms with E-state index in [9.17, 15) is 4.79 Å². The highest BCUT2D eigenvalue weighted by Gasteiger charge is 2.21. The zero-order chi connectivity index (χ0) is 12.5. The Kier molecular flexibility index (Phi) is 3.71. The summed E-state index contributed by atoms with van der Waals surface area (Å²) in [6.45, 7) is 5.33. The van der Waals surface area contributed by atoms with Gasteiger partial charge in [-0.2, -0.15) is 0 Å². The fourth-order valence-corrected chi connectivity index (χ4v) is 1.41. The maximum atomic E-state index is 11.7. The van der Waals surface area contributed by atoms with Crippen molar-refractivity contribution in [2.45, 2.75) is 26.4 Å². The molecule has 0 aliphatic rings. The fourth-order valence-electron chi connectivity index (χ4n) is 1.08. The standard InChI is InChI=1S/C11H13Cl2NO2/c1-11(2,3)16-10(15)6-4-5-7(12)8(13)9(6)14/h4-5H,14H2,1-3H3. The Bertz CT molecular complexity index is 425. The number of carbonyl (C=O) groups is 1. The first-order valence-corrected chi connectivity index (χ1v) is 5.45. The monoisotopic (exact) mass is 261 g/mol. The Balaban J connectivity index is 3.06. The molecular formula is C11H13Cl2NO2. The summed E-state index contributed by atoms with van der Waals surface area (Å²) in [5, 5.41) is 0.483. The molecule has 3 nitrogen and oxygen atoms in total. The van der Waals surface area contributed by atoms with Crippen molar-refractivity contribution in [3.05, 3.63) is 27.7 Å². The molecule has 0 saturated carbocycles. The Hall–Kier alpha value is -0.930. The smallest absolute Gasteiger partial charge is 0.340 e. The largest absolute Gasteiger partial charge is 0.456 e. The summed E-state index contributed by atoms with van der Waals surface area (Å²) < 4.78 is 5.18. The molecule has 1 rings (SSSR count). The van der Waals surface area contributed by atoms with Crippen LogP contribution in [0.1, 0.15) is 31.1 Å². The molecule has 0 saturated heterocycles. The number of ether oxygens (including phenoxy) is 1. The maximum absolute atomic E-state index is 11.7. The second-order valence-electron chi connectivity index (χ2n) is 4.32. The van der Waals surface area contributed by atoms with Crippen LogP contribution in [-0.2, 0) is 4.74 Å². The molecule has 0 spiro atoms. The van der Waals surface area contributed by atoms with Gasteiger partial charge < -0.3 is 10.5 Å². The van der Waals surface area contributed by atoms with E-state index in [0.717, 1.165) is 0 Å². The van der Waals surface area contributed by atoms with Crippen molar-refractivity contribution in [3.8, 4) is 0 Å². The van der Waals surface area contributed by atoms with Crippen LogP contribution in [0.4, 0.5) is 5.69 Å². The molecule has 0 aromatic heterocycles. The summed E-state index contributed by atoms with van der Waals surface area (Å²) >= 11 is 11.6. The molecule has 16 heavy (non-hydrogen) atoms. The molecule has 0 heterocycles. The van der Waals surface area contributed by atoms with E-state index in [4.69, 9.17) is 33.7 Å². The van der Waals surface area contributed by atoms with Gasteiger partial charge in [-0.1, -0.05) is 23.2 Å². The lowest BCUT2D eigenvalue weighted by molar-refractivity contribution is 0.00708. The zero-order valence-electron chi connectivity index (χ0n) is 9.30. The summed E-state index contributed by atoms with van der Waals surface area (Å²) in [6.07, 6.45) is 0. The van der Waals surface area contributed by atoms with E-state index < -0.39 is 11.6 Å². The minimum Gasteiger partial charge on any atom is -0.456 e. The number of hydrogen-bond donors (Lipinski definition) is 1. The van der Waals surface area contributed by atoms with Gasteiger partial charge in [-0.05, 0) is 32.9 Å². The predicted molar refractivity (Wildman–Crippen MR) is 66.0 cm³/mol. The lowest BCUT2D eigenvalue weighted by Crippen LogP contribution is -2.24. The van der Waals surface area contributed by atoms with Gasteiger partial charge in [0.15, 0.2) is 0 Å². The number of benzene rings is 1. The molecule has 1 aromatic carbocycles. The Labute approximate surface area is 104 Å². The molecule has 88 valence electrons. The molecule has 5 heteroatoms. The van der Waals surface area contributed by atoms with Crippen LogP contribution in [0.25, 0.3) is 0 Å². The molecule has 0 aliphatic carbocycles. The number of anilines is 1. The van der Waals surface area contributed by atoms with Crippen LogP contribution in [-0.4, -0.2) is 11.6 Å². The molecular weight excluding hydrogens is 249 g/mol. The van der Waals surface area contributed by atoms with Crippen molar-refractivity contribution < 1.29 is 9.53 Å². The summed E-state index contributed by atoms with van der Waals surface area (Å²) in [4.78, 5) is 11.7.